The second-order valence-electron chi connectivity index (χ2n) is 5.40. The number of aromatic amines is 1. The van der Waals surface area contributed by atoms with Crippen LogP contribution in [0.5, 0.6) is 0 Å². The van der Waals surface area contributed by atoms with Gasteiger partial charge in [-0.05, 0) is 31.0 Å². The maximum absolute atomic E-state index is 11.9. The third-order valence-corrected chi connectivity index (χ3v) is 3.38. The molecule has 0 bridgehead atoms. The Morgan fingerprint density at radius 2 is 2.09 bits per heavy atom. The lowest BCUT2D eigenvalue weighted by Gasteiger charge is -2.14. The highest BCUT2D eigenvalue weighted by atomic mass is 16.3. The Kier molecular flexibility index (Phi) is 5.55. The molecule has 22 heavy (non-hydrogen) atoms. The number of hydrogen-bond donors (Lipinski definition) is 4. The van der Waals surface area contributed by atoms with Crippen LogP contribution in [0.25, 0.3) is 0 Å². The Labute approximate surface area is 129 Å². The lowest BCUT2D eigenvalue weighted by Crippen LogP contribution is -2.41. The summed E-state index contributed by atoms with van der Waals surface area (Å²) in [6, 6.07) is 9.20. The molecule has 0 spiro atoms. The minimum Gasteiger partial charge on any atom is -0.392 e. The average molecular weight is 302 g/mol. The fraction of sp³-hybridized carbons (Fsp3) is 0.375. The number of nitrogens with zero attached hydrogens (tertiary/aromatic N) is 1. The molecule has 1 atom stereocenters. The lowest BCUT2D eigenvalue weighted by atomic mass is 10.1. The van der Waals surface area contributed by atoms with E-state index >= 15 is 0 Å². The van der Waals surface area contributed by atoms with Crippen molar-refractivity contribution in [3.8, 4) is 0 Å². The van der Waals surface area contributed by atoms with E-state index in [9.17, 15) is 9.90 Å². The lowest BCUT2D eigenvalue weighted by molar-refractivity contribution is 0.237. The molecule has 1 heterocycles. The van der Waals surface area contributed by atoms with E-state index in [2.05, 4.69) is 20.8 Å². The second-order valence-corrected chi connectivity index (χ2v) is 5.40. The van der Waals surface area contributed by atoms with Crippen LogP contribution < -0.4 is 10.6 Å². The Bertz CT molecular complexity index is 624. The number of amides is 2. The predicted molar refractivity (Wildman–Crippen MR) is 84.2 cm³/mol. The second kappa shape index (κ2) is 7.61. The van der Waals surface area contributed by atoms with Gasteiger partial charge in [-0.3, -0.25) is 5.10 Å². The van der Waals surface area contributed by atoms with E-state index < -0.39 is 0 Å². The Balaban J connectivity index is 1.80. The van der Waals surface area contributed by atoms with Crippen molar-refractivity contribution in [3.63, 3.8) is 0 Å². The minimum absolute atomic E-state index is 0.0178. The third kappa shape index (κ3) is 4.60. The first-order chi connectivity index (χ1) is 10.6. The first-order valence-electron chi connectivity index (χ1n) is 7.31. The molecule has 2 amide bonds. The van der Waals surface area contributed by atoms with Crippen molar-refractivity contribution in [2.75, 3.05) is 0 Å². The molecule has 6 heteroatoms. The average Bonchev–Trinajstić information content (AvgIpc) is 2.90. The topological polar surface area (TPSA) is 90.0 Å². The van der Waals surface area contributed by atoms with E-state index in [1.165, 1.54) is 0 Å². The summed E-state index contributed by atoms with van der Waals surface area (Å²) in [6.45, 7) is 4.23. The van der Waals surface area contributed by atoms with E-state index in [-0.39, 0.29) is 18.7 Å². The summed E-state index contributed by atoms with van der Waals surface area (Å²) in [5, 5.41) is 22.0. The summed E-state index contributed by atoms with van der Waals surface area (Å²) in [7, 11) is 0. The highest BCUT2D eigenvalue weighted by Crippen LogP contribution is 2.08. The minimum atomic E-state index is -0.229. The Morgan fingerprint density at radius 1 is 1.36 bits per heavy atom. The van der Waals surface area contributed by atoms with Crippen molar-refractivity contribution in [2.45, 2.75) is 39.5 Å². The molecule has 2 aromatic rings. The molecule has 1 unspecified atom stereocenters. The van der Waals surface area contributed by atoms with Gasteiger partial charge in [0.1, 0.15) is 0 Å². The number of urea groups is 1. The molecule has 0 saturated heterocycles. The van der Waals surface area contributed by atoms with Gasteiger partial charge in [-0.15, -0.1) is 0 Å². The molecular formula is C16H22N4O2. The van der Waals surface area contributed by atoms with Gasteiger partial charge in [-0.2, -0.15) is 5.10 Å². The van der Waals surface area contributed by atoms with E-state index in [1.807, 2.05) is 44.2 Å². The number of aromatic nitrogens is 2. The van der Waals surface area contributed by atoms with E-state index in [0.717, 1.165) is 22.5 Å². The largest absolute Gasteiger partial charge is 0.392 e. The predicted octanol–water partition coefficient (Wildman–Crippen LogP) is 1.64. The summed E-state index contributed by atoms with van der Waals surface area (Å²) in [4.78, 5) is 11.9. The van der Waals surface area contributed by atoms with Crippen molar-refractivity contribution >= 4 is 6.03 Å². The molecule has 0 aliphatic heterocycles. The number of aliphatic hydroxyl groups is 1. The number of nitrogens with one attached hydrogen (secondary N) is 3. The van der Waals surface area contributed by atoms with Crippen LogP contribution in [0.3, 0.4) is 0 Å². The van der Waals surface area contributed by atoms with Crippen molar-refractivity contribution in [3.05, 3.63) is 52.8 Å². The van der Waals surface area contributed by atoms with Crippen molar-refractivity contribution < 1.29 is 9.90 Å². The molecular weight excluding hydrogens is 280 g/mol. The number of benzene rings is 1. The summed E-state index contributed by atoms with van der Waals surface area (Å²) in [5.74, 6) is 0. The number of rotatable bonds is 6. The standard InChI is InChI=1S/C16H22N4O2/c1-11(7-15-8-12(2)19-20-15)18-16(22)17-9-13-5-3-4-6-14(13)10-21/h3-6,8,11,21H,7,9-10H2,1-2H3,(H,19,20)(H2,17,18,22). The van der Waals surface area contributed by atoms with Crippen LogP contribution >= 0.6 is 0 Å². The van der Waals surface area contributed by atoms with Gasteiger partial charge in [0.05, 0.1) is 12.3 Å². The van der Waals surface area contributed by atoms with Crippen molar-refractivity contribution in [1.82, 2.24) is 20.8 Å². The SMILES string of the molecule is Cc1cc(CC(C)NC(=O)NCc2ccccc2CO)n[nH]1. The molecule has 4 N–H and O–H groups in total. The number of hydrogen-bond acceptors (Lipinski definition) is 3. The molecule has 6 nitrogen and oxygen atoms in total. The van der Waals surface area contributed by atoms with E-state index in [1.54, 1.807) is 0 Å². The molecule has 0 aliphatic carbocycles. The molecule has 0 radical (unpaired) electrons. The molecule has 118 valence electrons. The van der Waals surface area contributed by atoms with Crippen LogP contribution in [0.1, 0.15) is 29.4 Å². The maximum Gasteiger partial charge on any atom is 0.315 e. The van der Waals surface area contributed by atoms with Gasteiger partial charge in [0, 0.05) is 24.7 Å². The maximum atomic E-state index is 11.9. The number of H-pyrrole nitrogens is 1. The van der Waals surface area contributed by atoms with E-state index in [4.69, 9.17) is 0 Å². The normalized spacial score (nSPS) is 12.0. The number of aryl methyl sites for hydroxylation is 1. The molecule has 0 saturated carbocycles. The highest BCUT2D eigenvalue weighted by molar-refractivity contribution is 5.74. The zero-order chi connectivity index (χ0) is 15.9. The fourth-order valence-corrected chi connectivity index (χ4v) is 2.28. The van der Waals surface area contributed by atoms with Crippen LogP contribution in [0.2, 0.25) is 0 Å². The molecule has 2 rings (SSSR count). The zero-order valence-corrected chi connectivity index (χ0v) is 12.9. The van der Waals surface area contributed by atoms with Gasteiger partial charge < -0.3 is 15.7 Å². The van der Waals surface area contributed by atoms with Crippen LogP contribution in [0.15, 0.2) is 30.3 Å². The quantitative estimate of drug-likeness (QED) is 0.654. The van der Waals surface area contributed by atoms with Gasteiger partial charge in [0.2, 0.25) is 0 Å². The Morgan fingerprint density at radius 3 is 2.73 bits per heavy atom. The fourth-order valence-electron chi connectivity index (χ4n) is 2.28. The van der Waals surface area contributed by atoms with Crippen LogP contribution in [0, 0.1) is 6.92 Å². The third-order valence-electron chi connectivity index (χ3n) is 3.38. The highest BCUT2D eigenvalue weighted by Gasteiger charge is 2.10. The number of aliphatic hydroxyl groups excluding tert-OH is 1. The number of carbonyl (C=O) groups is 1. The van der Waals surface area contributed by atoms with Crippen LogP contribution in [-0.2, 0) is 19.6 Å². The van der Waals surface area contributed by atoms with Crippen LogP contribution in [-0.4, -0.2) is 27.4 Å². The summed E-state index contributed by atoms with van der Waals surface area (Å²) >= 11 is 0. The Hall–Kier alpha value is -2.34. The summed E-state index contributed by atoms with van der Waals surface area (Å²) in [5.41, 5.74) is 3.67. The van der Waals surface area contributed by atoms with Crippen molar-refractivity contribution in [1.29, 1.82) is 0 Å². The number of carbonyl (C=O) groups excluding carboxylic acids is 1. The van der Waals surface area contributed by atoms with Crippen molar-refractivity contribution in [2.24, 2.45) is 0 Å². The smallest absolute Gasteiger partial charge is 0.315 e. The summed E-state index contributed by atoms with van der Waals surface area (Å²) < 4.78 is 0. The monoisotopic (exact) mass is 302 g/mol. The first-order valence-corrected chi connectivity index (χ1v) is 7.31. The molecule has 1 aromatic heterocycles. The molecule has 0 fully saturated rings. The molecule has 0 aliphatic rings. The summed E-state index contributed by atoms with van der Waals surface area (Å²) in [6.07, 6.45) is 0.672. The van der Waals surface area contributed by atoms with Gasteiger partial charge in [-0.25, -0.2) is 4.79 Å². The zero-order valence-electron chi connectivity index (χ0n) is 12.9. The molecule has 1 aromatic carbocycles. The van der Waals surface area contributed by atoms with Gasteiger partial charge in [0.25, 0.3) is 0 Å². The van der Waals surface area contributed by atoms with Gasteiger partial charge in [0.15, 0.2) is 0 Å². The van der Waals surface area contributed by atoms with E-state index in [0.29, 0.717) is 13.0 Å². The first kappa shape index (κ1) is 16.0. The van der Waals surface area contributed by atoms with Crippen LogP contribution in [0.4, 0.5) is 4.79 Å². The van der Waals surface area contributed by atoms with Gasteiger partial charge in [-0.1, -0.05) is 24.3 Å². The van der Waals surface area contributed by atoms with Gasteiger partial charge >= 0.3 is 6.03 Å².